The summed E-state index contributed by atoms with van der Waals surface area (Å²) in [6.07, 6.45) is 1.22. The van der Waals surface area contributed by atoms with Crippen LogP contribution in [0, 0.1) is 0 Å². The van der Waals surface area contributed by atoms with Crippen molar-refractivity contribution >= 4 is 15.9 Å². The van der Waals surface area contributed by atoms with E-state index in [-0.39, 0.29) is 6.54 Å². The fraction of sp³-hybridized carbons (Fsp3) is 0.727. The summed E-state index contributed by atoms with van der Waals surface area (Å²) >= 11 is 0. The van der Waals surface area contributed by atoms with Gasteiger partial charge in [-0.2, -0.15) is 13.2 Å². The number of hydrogen-bond donors (Lipinski definition) is 0. The van der Waals surface area contributed by atoms with Crippen LogP contribution in [0.25, 0.3) is 0 Å². The lowest BCUT2D eigenvalue weighted by atomic mass is 10.2. The second-order valence-corrected chi connectivity index (χ2v) is 7.38. The van der Waals surface area contributed by atoms with Crippen molar-refractivity contribution in [2.45, 2.75) is 43.7 Å². The molecule has 0 bridgehead atoms. The van der Waals surface area contributed by atoms with Gasteiger partial charge in [-0.1, -0.05) is 12.2 Å². The van der Waals surface area contributed by atoms with Crippen molar-refractivity contribution in [3.63, 3.8) is 0 Å². The van der Waals surface area contributed by atoms with Gasteiger partial charge in [-0.15, -0.1) is 0 Å². The fourth-order valence-electron chi connectivity index (χ4n) is 1.61. The number of halogens is 3. The molecule has 0 N–H and O–H groups in total. The van der Waals surface area contributed by atoms with E-state index in [9.17, 15) is 26.4 Å². The summed E-state index contributed by atoms with van der Waals surface area (Å²) in [5.74, 6) is 0. The predicted octanol–water partition coefficient (Wildman–Crippen LogP) is 2.44. The van der Waals surface area contributed by atoms with Crippen LogP contribution in [0.5, 0.6) is 0 Å². The van der Waals surface area contributed by atoms with Gasteiger partial charge < -0.3 is 4.74 Å². The van der Waals surface area contributed by atoms with E-state index < -0.39 is 38.8 Å². The van der Waals surface area contributed by atoms with E-state index in [0.717, 1.165) is 0 Å². The smallest absolute Gasteiger partial charge is 0.444 e. The summed E-state index contributed by atoms with van der Waals surface area (Å²) in [5.41, 5.74) is -6.34. The molecule has 9 heteroatoms. The molecule has 0 radical (unpaired) electrons. The van der Waals surface area contributed by atoms with Gasteiger partial charge in [0.05, 0.1) is 0 Å². The number of carbonyl (C=O) groups is 1. The van der Waals surface area contributed by atoms with Gasteiger partial charge in [0, 0.05) is 13.0 Å². The maximum atomic E-state index is 12.6. The molecule has 0 aromatic heterocycles. The third-order valence-corrected chi connectivity index (χ3v) is 4.27. The Hall–Kier alpha value is -1.25. The fourth-order valence-corrected chi connectivity index (χ4v) is 2.79. The van der Waals surface area contributed by atoms with Crippen LogP contribution in [-0.2, 0) is 14.6 Å². The SMILES string of the molecule is CC(C)(C)OC(=O)N1CC=CCC1S(=O)(=O)C(F)(F)F. The highest BCUT2D eigenvalue weighted by Gasteiger charge is 2.53. The number of sulfone groups is 1. The molecule has 0 aliphatic carbocycles. The Morgan fingerprint density at radius 3 is 2.25 bits per heavy atom. The van der Waals surface area contributed by atoms with Crippen molar-refractivity contribution in [1.29, 1.82) is 0 Å². The Bertz CT molecular complexity index is 505. The first-order valence-electron chi connectivity index (χ1n) is 5.81. The van der Waals surface area contributed by atoms with E-state index in [2.05, 4.69) is 0 Å². The van der Waals surface area contributed by atoms with Crippen molar-refractivity contribution in [3.8, 4) is 0 Å². The number of ether oxygens (including phenoxy) is 1. The number of hydrogen-bond acceptors (Lipinski definition) is 4. The summed E-state index contributed by atoms with van der Waals surface area (Å²) in [4.78, 5) is 12.4. The van der Waals surface area contributed by atoms with E-state index in [0.29, 0.717) is 4.90 Å². The molecule has 1 amide bonds. The van der Waals surface area contributed by atoms with Crippen molar-refractivity contribution in [3.05, 3.63) is 12.2 Å². The summed E-state index contributed by atoms with van der Waals surface area (Å²) in [5, 5.41) is -1.98. The minimum atomic E-state index is -5.48. The Labute approximate surface area is 115 Å². The summed E-state index contributed by atoms with van der Waals surface area (Å²) in [7, 11) is -5.48. The van der Waals surface area contributed by atoms with Gasteiger partial charge in [-0.25, -0.2) is 13.2 Å². The number of nitrogens with zero attached hydrogens (tertiary/aromatic N) is 1. The molecule has 0 spiro atoms. The molecule has 0 saturated carbocycles. The molecular formula is C11H16F3NO4S. The molecule has 5 nitrogen and oxygen atoms in total. The van der Waals surface area contributed by atoms with Gasteiger partial charge >= 0.3 is 11.6 Å². The largest absolute Gasteiger partial charge is 0.499 e. The standard InChI is InChI=1S/C11H16F3NO4S/c1-10(2,3)19-9(16)15-7-5-4-6-8(15)20(17,18)11(12,13)14/h4-5,8H,6-7H2,1-3H3. The number of carbonyl (C=O) groups excluding carboxylic acids is 1. The molecule has 1 atom stereocenters. The molecule has 0 aromatic carbocycles. The quantitative estimate of drug-likeness (QED) is 0.697. The predicted molar refractivity (Wildman–Crippen MR) is 65.5 cm³/mol. The van der Waals surface area contributed by atoms with Gasteiger partial charge in [-0.3, -0.25) is 4.90 Å². The Kier molecular flexibility index (Phi) is 4.42. The van der Waals surface area contributed by atoms with Gasteiger partial charge in [0.15, 0.2) is 0 Å². The highest BCUT2D eigenvalue weighted by atomic mass is 32.2. The maximum Gasteiger partial charge on any atom is 0.499 e. The van der Waals surface area contributed by atoms with Crippen LogP contribution in [0.15, 0.2) is 12.2 Å². The number of amides is 1. The molecule has 1 aliphatic heterocycles. The van der Waals surface area contributed by atoms with Crippen molar-refractivity contribution in [2.75, 3.05) is 6.54 Å². The number of alkyl halides is 3. The molecule has 1 heterocycles. The third kappa shape index (κ3) is 3.65. The lowest BCUT2D eigenvalue weighted by Crippen LogP contribution is -2.51. The lowest BCUT2D eigenvalue weighted by Gasteiger charge is -2.34. The van der Waals surface area contributed by atoms with E-state index >= 15 is 0 Å². The van der Waals surface area contributed by atoms with Crippen molar-refractivity contribution in [2.24, 2.45) is 0 Å². The molecule has 0 fully saturated rings. The van der Waals surface area contributed by atoms with Crippen LogP contribution in [0.2, 0.25) is 0 Å². The summed E-state index contributed by atoms with van der Waals surface area (Å²) < 4.78 is 65.7. The average molecular weight is 315 g/mol. The minimum absolute atomic E-state index is 0.241. The van der Waals surface area contributed by atoms with Gasteiger partial charge in [-0.05, 0) is 20.8 Å². The Morgan fingerprint density at radius 2 is 1.80 bits per heavy atom. The minimum Gasteiger partial charge on any atom is -0.444 e. The molecule has 1 rings (SSSR count). The van der Waals surface area contributed by atoms with Crippen LogP contribution >= 0.6 is 0 Å². The average Bonchev–Trinajstić information content (AvgIpc) is 2.25. The normalized spacial score (nSPS) is 20.9. The number of rotatable bonds is 1. The first-order valence-corrected chi connectivity index (χ1v) is 7.35. The van der Waals surface area contributed by atoms with Gasteiger partial charge in [0.25, 0.3) is 9.84 Å². The second kappa shape index (κ2) is 5.27. The second-order valence-electron chi connectivity index (χ2n) is 5.29. The highest BCUT2D eigenvalue weighted by molar-refractivity contribution is 7.92. The van der Waals surface area contributed by atoms with Gasteiger partial charge in [0.1, 0.15) is 11.0 Å². The zero-order valence-corrected chi connectivity index (χ0v) is 12.1. The zero-order chi connectivity index (χ0) is 15.8. The van der Waals surface area contributed by atoms with E-state index in [1.54, 1.807) is 0 Å². The van der Waals surface area contributed by atoms with Crippen LogP contribution in [0.1, 0.15) is 27.2 Å². The van der Waals surface area contributed by atoms with E-state index in [4.69, 9.17) is 4.74 Å². The van der Waals surface area contributed by atoms with Crippen molar-refractivity contribution in [1.82, 2.24) is 4.90 Å². The molecule has 0 aromatic rings. The molecule has 0 saturated heterocycles. The maximum absolute atomic E-state index is 12.6. The highest BCUT2D eigenvalue weighted by Crippen LogP contribution is 2.32. The van der Waals surface area contributed by atoms with Crippen LogP contribution in [0.4, 0.5) is 18.0 Å². The first-order chi connectivity index (χ1) is 8.86. The summed E-state index contributed by atoms with van der Waals surface area (Å²) in [6.45, 7) is 4.38. The monoisotopic (exact) mass is 315 g/mol. The van der Waals surface area contributed by atoms with Gasteiger partial charge in [0.2, 0.25) is 0 Å². The molecule has 1 unspecified atom stereocenters. The van der Waals surface area contributed by atoms with E-state index in [1.165, 1.54) is 32.9 Å². The van der Waals surface area contributed by atoms with Crippen LogP contribution in [-0.4, -0.2) is 42.4 Å². The topological polar surface area (TPSA) is 63.7 Å². The first kappa shape index (κ1) is 16.8. The van der Waals surface area contributed by atoms with Crippen LogP contribution < -0.4 is 0 Å². The molecule has 20 heavy (non-hydrogen) atoms. The molecular weight excluding hydrogens is 299 g/mol. The molecule has 1 aliphatic rings. The lowest BCUT2D eigenvalue weighted by molar-refractivity contribution is -0.0466. The van der Waals surface area contributed by atoms with E-state index in [1.807, 2.05) is 0 Å². The molecule has 116 valence electrons. The Balaban J connectivity index is 3.06. The van der Waals surface area contributed by atoms with Crippen molar-refractivity contribution < 1.29 is 31.1 Å². The Morgan fingerprint density at radius 1 is 1.25 bits per heavy atom. The third-order valence-electron chi connectivity index (χ3n) is 2.46. The summed E-state index contributed by atoms with van der Waals surface area (Å²) in [6, 6.07) is 0. The zero-order valence-electron chi connectivity index (χ0n) is 11.3. The van der Waals surface area contributed by atoms with Crippen LogP contribution in [0.3, 0.4) is 0 Å².